The molecular weight excluding hydrogens is 309 g/mol. The Labute approximate surface area is 134 Å². The van der Waals surface area contributed by atoms with Crippen LogP contribution in [0, 0.1) is 0 Å². The third-order valence-electron chi connectivity index (χ3n) is 3.95. The molecule has 1 atom stereocenters. The number of rotatable bonds is 6. The van der Waals surface area contributed by atoms with Gasteiger partial charge in [-0.3, -0.25) is 4.90 Å². The molecule has 0 spiro atoms. The lowest BCUT2D eigenvalue weighted by atomic mass is 9.98. The van der Waals surface area contributed by atoms with E-state index in [1.54, 1.807) is 6.07 Å². The summed E-state index contributed by atoms with van der Waals surface area (Å²) in [7, 11) is 1.47. The van der Waals surface area contributed by atoms with Gasteiger partial charge in [0.1, 0.15) is 11.5 Å². The molecule has 0 unspecified atom stereocenters. The lowest BCUT2D eigenvalue weighted by molar-refractivity contribution is -0.274. The molecule has 0 aromatic heterocycles. The number of hydrogen-bond donors (Lipinski definition) is 1. The lowest BCUT2D eigenvalue weighted by Crippen LogP contribution is -2.45. The second-order valence-corrected chi connectivity index (χ2v) is 5.54. The zero-order valence-corrected chi connectivity index (χ0v) is 13.4. The van der Waals surface area contributed by atoms with Gasteiger partial charge in [0.15, 0.2) is 0 Å². The summed E-state index contributed by atoms with van der Waals surface area (Å²) in [6.45, 7) is 5.75. The highest BCUT2D eigenvalue weighted by atomic mass is 19.4. The molecule has 1 N–H and O–H groups in total. The Morgan fingerprint density at radius 3 is 2.52 bits per heavy atom. The molecule has 1 saturated heterocycles. The van der Waals surface area contributed by atoms with Gasteiger partial charge in [-0.25, -0.2) is 0 Å². The van der Waals surface area contributed by atoms with Crippen LogP contribution in [0.25, 0.3) is 0 Å². The monoisotopic (exact) mass is 332 g/mol. The van der Waals surface area contributed by atoms with Gasteiger partial charge in [-0.05, 0) is 12.5 Å². The number of hydrogen-bond acceptors (Lipinski definition) is 4. The summed E-state index contributed by atoms with van der Waals surface area (Å²) in [5.41, 5.74) is 0.908. The van der Waals surface area contributed by atoms with E-state index in [2.05, 4.69) is 21.9 Å². The van der Waals surface area contributed by atoms with Gasteiger partial charge in [-0.1, -0.05) is 19.4 Å². The van der Waals surface area contributed by atoms with Gasteiger partial charge in [0, 0.05) is 43.9 Å². The van der Waals surface area contributed by atoms with E-state index in [-0.39, 0.29) is 11.8 Å². The van der Waals surface area contributed by atoms with E-state index in [1.807, 2.05) is 0 Å². The van der Waals surface area contributed by atoms with E-state index >= 15 is 0 Å². The van der Waals surface area contributed by atoms with Crippen molar-refractivity contribution in [2.24, 2.45) is 0 Å². The van der Waals surface area contributed by atoms with E-state index in [4.69, 9.17) is 4.74 Å². The van der Waals surface area contributed by atoms with Crippen LogP contribution in [-0.4, -0.2) is 44.6 Å². The first kappa shape index (κ1) is 17.9. The third-order valence-corrected chi connectivity index (χ3v) is 3.95. The Morgan fingerprint density at radius 2 is 1.96 bits per heavy atom. The fourth-order valence-corrected chi connectivity index (χ4v) is 2.97. The van der Waals surface area contributed by atoms with Crippen molar-refractivity contribution in [1.82, 2.24) is 10.2 Å². The highest BCUT2D eigenvalue weighted by Gasteiger charge is 2.32. The molecule has 0 bridgehead atoms. The highest BCUT2D eigenvalue weighted by molar-refractivity contribution is 5.42. The van der Waals surface area contributed by atoms with Crippen LogP contribution in [0.4, 0.5) is 13.2 Å². The standard InChI is InChI=1S/C16H23F3N2O2/c1-3-4-14(21-9-7-20-8-10-21)13-6-5-12(11-15(13)22-2)23-16(17,18)19/h5-6,11,14,20H,3-4,7-10H2,1-2H3/t14-/m1/s1. The largest absolute Gasteiger partial charge is 0.573 e. The van der Waals surface area contributed by atoms with Gasteiger partial charge in [0.2, 0.25) is 0 Å². The van der Waals surface area contributed by atoms with Gasteiger partial charge in [0.25, 0.3) is 0 Å². The van der Waals surface area contributed by atoms with Gasteiger partial charge in [-0.15, -0.1) is 13.2 Å². The van der Waals surface area contributed by atoms with Crippen molar-refractivity contribution in [1.29, 1.82) is 0 Å². The Morgan fingerprint density at radius 1 is 1.26 bits per heavy atom. The fourth-order valence-electron chi connectivity index (χ4n) is 2.97. The first-order valence-electron chi connectivity index (χ1n) is 7.83. The molecule has 130 valence electrons. The predicted molar refractivity (Wildman–Crippen MR) is 81.8 cm³/mol. The van der Waals surface area contributed by atoms with Crippen molar-refractivity contribution in [2.75, 3.05) is 33.3 Å². The molecule has 1 heterocycles. The van der Waals surface area contributed by atoms with Crippen molar-refractivity contribution in [2.45, 2.75) is 32.2 Å². The number of nitrogens with zero attached hydrogens (tertiary/aromatic N) is 1. The minimum Gasteiger partial charge on any atom is -0.496 e. The molecule has 1 aromatic carbocycles. The van der Waals surface area contributed by atoms with Gasteiger partial charge in [-0.2, -0.15) is 0 Å². The normalized spacial score (nSPS) is 17.8. The number of halogens is 3. The second kappa shape index (κ2) is 7.88. The topological polar surface area (TPSA) is 33.7 Å². The fraction of sp³-hybridized carbons (Fsp3) is 0.625. The highest BCUT2D eigenvalue weighted by Crippen LogP contribution is 2.36. The molecule has 1 fully saturated rings. The number of piperazine rings is 1. The average molecular weight is 332 g/mol. The van der Waals surface area contributed by atoms with Crippen LogP contribution in [-0.2, 0) is 0 Å². The number of benzene rings is 1. The van der Waals surface area contributed by atoms with Crippen molar-refractivity contribution >= 4 is 0 Å². The van der Waals surface area contributed by atoms with Crippen molar-refractivity contribution in [3.8, 4) is 11.5 Å². The molecule has 7 heteroatoms. The number of nitrogens with one attached hydrogen (secondary N) is 1. The Balaban J connectivity index is 2.26. The number of ether oxygens (including phenoxy) is 2. The summed E-state index contributed by atoms with van der Waals surface area (Å²) in [5, 5.41) is 3.31. The summed E-state index contributed by atoms with van der Waals surface area (Å²) in [5.74, 6) is 0.178. The maximum atomic E-state index is 12.4. The van der Waals surface area contributed by atoms with Crippen LogP contribution in [0.15, 0.2) is 18.2 Å². The maximum Gasteiger partial charge on any atom is 0.573 e. The lowest BCUT2D eigenvalue weighted by Gasteiger charge is -2.35. The van der Waals surface area contributed by atoms with Crippen LogP contribution < -0.4 is 14.8 Å². The van der Waals surface area contributed by atoms with Crippen LogP contribution in [0.1, 0.15) is 31.4 Å². The van der Waals surface area contributed by atoms with E-state index in [9.17, 15) is 13.2 Å². The van der Waals surface area contributed by atoms with Crippen molar-refractivity contribution in [3.63, 3.8) is 0 Å². The zero-order chi connectivity index (χ0) is 16.9. The Hall–Kier alpha value is -1.47. The van der Waals surface area contributed by atoms with Crippen LogP contribution in [0.3, 0.4) is 0 Å². The maximum absolute atomic E-state index is 12.4. The summed E-state index contributed by atoms with van der Waals surface area (Å²) in [6.07, 6.45) is -2.79. The van der Waals surface area contributed by atoms with Crippen LogP contribution in [0.5, 0.6) is 11.5 Å². The van der Waals surface area contributed by atoms with E-state index in [1.165, 1.54) is 19.2 Å². The molecule has 2 rings (SSSR count). The first-order chi connectivity index (χ1) is 10.9. The Bertz CT molecular complexity index is 503. The van der Waals surface area contributed by atoms with Crippen LogP contribution in [0.2, 0.25) is 0 Å². The molecule has 1 aromatic rings. The summed E-state index contributed by atoms with van der Waals surface area (Å²) in [4.78, 5) is 2.35. The quantitative estimate of drug-likeness (QED) is 0.866. The molecule has 1 aliphatic heterocycles. The third kappa shape index (κ3) is 5.00. The average Bonchev–Trinajstić information content (AvgIpc) is 2.52. The van der Waals surface area contributed by atoms with E-state index < -0.39 is 6.36 Å². The van der Waals surface area contributed by atoms with E-state index in [0.29, 0.717) is 5.75 Å². The summed E-state index contributed by atoms with van der Waals surface area (Å²) < 4.78 is 46.4. The van der Waals surface area contributed by atoms with Gasteiger partial charge < -0.3 is 14.8 Å². The summed E-state index contributed by atoms with van der Waals surface area (Å²) >= 11 is 0. The zero-order valence-electron chi connectivity index (χ0n) is 13.4. The SMILES string of the molecule is CCC[C@H](c1ccc(OC(F)(F)F)cc1OC)N1CCNCC1. The molecule has 0 radical (unpaired) electrons. The minimum absolute atomic E-state index is 0.136. The smallest absolute Gasteiger partial charge is 0.496 e. The van der Waals surface area contributed by atoms with Crippen molar-refractivity contribution in [3.05, 3.63) is 23.8 Å². The molecule has 0 aliphatic carbocycles. The number of alkyl halides is 3. The Kier molecular flexibility index (Phi) is 6.12. The molecule has 0 amide bonds. The molecule has 1 aliphatic rings. The van der Waals surface area contributed by atoms with Crippen LogP contribution >= 0.6 is 0 Å². The second-order valence-electron chi connectivity index (χ2n) is 5.54. The first-order valence-corrected chi connectivity index (χ1v) is 7.83. The van der Waals surface area contributed by atoms with E-state index in [0.717, 1.165) is 44.6 Å². The van der Waals surface area contributed by atoms with Gasteiger partial charge in [0.05, 0.1) is 7.11 Å². The van der Waals surface area contributed by atoms with Crippen molar-refractivity contribution < 1.29 is 22.6 Å². The molecule has 0 saturated carbocycles. The van der Waals surface area contributed by atoms with Gasteiger partial charge >= 0.3 is 6.36 Å². The predicted octanol–water partition coefficient (Wildman–Crippen LogP) is 3.34. The molecule has 4 nitrogen and oxygen atoms in total. The molecular formula is C16H23F3N2O2. The summed E-state index contributed by atoms with van der Waals surface area (Å²) in [6, 6.07) is 4.49. The minimum atomic E-state index is -4.70. The molecule has 23 heavy (non-hydrogen) atoms. The number of methoxy groups -OCH3 is 1.